The molecule has 0 heterocycles. The summed E-state index contributed by atoms with van der Waals surface area (Å²) >= 11 is 0. The van der Waals surface area contributed by atoms with Gasteiger partial charge in [-0.3, -0.25) is 0 Å². The Kier molecular flexibility index (Phi) is 12.0. The fourth-order valence-corrected chi connectivity index (χ4v) is 4.22. The summed E-state index contributed by atoms with van der Waals surface area (Å²) in [6.07, 6.45) is 8.62. The lowest BCUT2D eigenvalue weighted by Crippen LogP contribution is -2.16. The van der Waals surface area contributed by atoms with Crippen molar-refractivity contribution in [1.29, 1.82) is 0 Å². The van der Waals surface area contributed by atoms with E-state index < -0.39 is 17.8 Å². The van der Waals surface area contributed by atoms with Crippen LogP contribution in [0.3, 0.4) is 0 Å². The molecule has 0 saturated heterocycles. The summed E-state index contributed by atoms with van der Waals surface area (Å²) < 4.78 is 30.9. The number of halogens is 1. The molecule has 3 aromatic rings. The molecule has 0 aromatic heterocycles. The maximum absolute atomic E-state index is 14.5. The highest BCUT2D eigenvalue weighted by atomic mass is 19.1. The molecule has 0 aliphatic rings. The third-order valence-corrected chi connectivity index (χ3v) is 6.45. The van der Waals surface area contributed by atoms with E-state index in [2.05, 4.69) is 6.92 Å². The first kappa shape index (κ1) is 29.9. The monoisotopic (exact) mass is 534 g/mol. The first-order chi connectivity index (χ1) is 18.9. The van der Waals surface area contributed by atoms with Gasteiger partial charge in [0.1, 0.15) is 17.3 Å². The highest BCUT2D eigenvalue weighted by Crippen LogP contribution is 2.24. The second-order valence-electron chi connectivity index (χ2n) is 9.75. The molecule has 3 rings (SSSR count). The Morgan fingerprint density at radius 3 is 2.00 bits per heavy atom. The number of benzene rings is 3. The average molecular weight is 535 g/mol. The fraction of sp³-hybridized carbons (Fsp3) is 0.394. The van der Waals surface area contributed by atoms with Crippen LogP contribution >= 0.6 is 0 Å². The molecule has 0 N–H and O–H groups in total. The van der Waals surface area contributed by atoms with Gasteiger partial charge in [-0.15, -0.1) is 0 Å². The highest BCUT2D eigenvalue weighted by molar-refractivity contribution is 5.92. The standard InChI is InChI=1S/C33H39FO5/c1-4-6-7-8-9-10-22-37-28-18-16-26(17-19-28)25-12-14-27(15-13-25)32(35)39-29-20-21-30(31(34)23-29)33(36)38-24(3)11-5-2/h12-21,23-24H,4-11,22H2,1-3H3. The Balaban J connectivity index is 1.51. The molecule has 208 valence electrons. The minimum absolute atomic E-state index is 0.0104. The molecule has 0 aliphatic carbocycles. The van der Waals surface area contributed by atoms with Crippen LogP contribution in [0.15, 0.2) is 66.7 Å². The van der Waals surface area contributed by atoms with Gasteiger partial charge in [0.25, 0.3) is 0 Å². The Hall–Kier alpha value is -3.67. The summed E-state index contributed by atoms with van der Waals surface area (Å²) in [6, 6.07) is 18.5. The van der Waals surface area contributed by atoms with Crippen molar-refractivity contribution >= 4 is 11.9 Å². The van der Waals surface area contributed by atoms with E-state index in [0.717, 1.165) is 42.4 Å². The summed E-state index contributed by atoms with van der Waals surface area (Å²) in [6.45, 7) is 6.68. The first-order valence-corrected chi connectivity index (χ1v) is 14.0. The van der Waals surface area contributed by atoms with E-state index >= 15 is 0 Å². The van der Waals surface area contributed by atoms with Crippen LogP contribution in [-0.2, 0) is 4.74 Å². The minimum Gasteiger partial charge on any atom is -0.494 e. The van der Waals surface area contributed by atoms with Gasteiger partial charge in [-0.1, -0.05) is 76.6 Å². The SMILES string of the molecule is CCCCCCCCOc1ccc(-c2ccc(C(=O)Oc3ccc(C(=O)OC(C)CCC)c(F)c3)cc2)cc1. The van der Waals surface area contributed by atoms with Crippen LogP contribution in [0.4, 0.5) is 4.39 Å². The van der Waals surface area contributed by atoms with Gasteiger partial charge in [0.2, 0.25) is 0 Å². The molecule has 0 fully saturated rings. The Bertz CT molecular complexity index is 1190. The van der Waals surface area contributed by atoms with Crippen LogP contribution < -0.4 is 9.47 Å². The first-order valence-electron chi connectivity index (χ1n) is 14.0. The quantitative estimate of drug-likeness (QED) is 0.111. The molecular formula is C33H39FO5. The molecule has 5 nitrogen and oxygen atoms in total. The Labute approximate surface area is 231 Å². The topological polar surface area (TPSA) is 61.8 Å². The lowest BCUT2D eigenvalue weighted by atomic mass is 10.0. The van der Waals surface area contributed by atoms with Gasteiger partial charge in [-0.2, -0.15) is 0 Å². The highest BCUT2D eigenvalue weighted by Gasteiger charge is 2.18. The molecule has 0 aliphatic heterocycles. The molecule has 0 amide bonds. The van der Waals surface area contributed by atoms with Gasteiger partial charge in [-0.25, -0.2) is 14.0 Å². The number of hydrogen-bond acceptors (Lipinski definition) is 5. The van der Waals surface area contributed by atoms with Gasteiger partial charge >= 0.3 is 11.9 Å². The smallest absolute Gasteiger partial charge is 0.343 e. The number of carbonyl (C=O) groups is 2. The van der Waals surface area contributed by atoms with Gasteiger partial charge in [0.15, 0.2) is 0 Å². The van der Waals surface area contributed by atoms with Crippen molar-refractivity contribution < 1.29 is 28.2 Å². The second-order valence-corrected chi connectivity index (χ2v) is 9.75. The van der Waals surface area contributed by atoms with Crippen molar-refractivity contribution in [3.8, 4) is 22.6 Å². The zero-order valence-electron chi connectivity index (χ0n) is 23.2. The van der Waals surface area contributed by atoms with Crippen molar-refractivity contribution in [2.75, 3.05) is 6.61 Å². The van der Waals surface area contributed by atoms with Crippen LogP contribution in [0, 0.1) is 5.82 Å². The molecule has 1 atom stereocenters. The van der Waals surface area contributed by atoms with Crippen molar-refractivity contribution in [2.24, 2.45) is 0 Å². The molecule has 0 saturated carbocycles. The van der Waals surface area contributed by atoms with Gasteiger partial charge in [0.05, 0.1) is 23.8 Å². The summed E-state index contributed by atoms with van der Waals surface area (Å²) in [5.41, 5.74) is 2.08. The number of rotatable bonds is 15. The second kappa shape index (κ2) is 15.7. The number of hydrogen-bond donors (Lipinski definition) is 0. The average Bonchev–Trinajstić information content (AvgIpc) is 2.93. The van der Waals surface area contributed by atoms with E-state index in [4.69, 9.17) is 14.2 Å². The maximum atomic E-state index is 14.5. The molecule has 0 spiro atoms. The predicted molar refractivity (Wildman–Crippen MR) is 152 cm³/mol. The van der Waals surface area contributed by atoms with E-state index in [1.807, 2.05) is 43.3 Å². The van der Waals surface area contributed by atoms with Crippen LogP contribution in [-0.4, -0.2) is 24.6 Å². The van der Waals surface area contributed by atoms with Gasteiger partial charge in [-0.05, 0) is 67.3 Å². The molecular weight excluding hydrogens is 495 g/mol. The number of carbonyl (C=O) groups excluding carboxylic acids is 2. The van der Waals surface area contributed by atoms with Gasteiger partial charge < -0.3 is 14.2 Å². The molecule has 1 unspecified atom stereocenters. The Morgan fingerprint density at radius 1 is 0.744 bits per heavy atom. The number of esters is 2. The van der Waals surface area contributed by atoms with Crippen LogP contribution in [0.1, 0.15) is 92.9 Å². The van der Waals surface area contributed by atoms with Crippen LogP contribution in [0.2, 0.25) is 0 Å². The largest absolute Gasteiger partial charge is 0.494 e. The van der Waals surface area contributed by atoms with Crippen molar-refractivity contribution in [3.63, 3.8) is 0 Å². The lowest BCUT2D eigenvalue weighted by molar-refractivity contribution is 0.0318. The predicted octanol–water partition coefficient (Wildman–Crippen LogP) is 8.80. The molecule has 0 radical (unpaired) electrons. The number of ether oxygens (including phenoxy) is 3. The fourth-order valence-electron chi connectivity index (χ4n) is 4.22. The van der Waals surface area contributed by atoms with Crippen molar-refractivity contribution in [2.45, 2.75) is 78.2 Å². The maximum Gasteiger partial charge on any atom is 0.343 e. The minimum atomic E-state index is -0.802. The molecule has 6 heteroatoms. The third-order valence-electron chi connectivity index (χ3n) is 6.45. The van der Waals surface area contributed by atoms with Gasteiger partial charge in [0, 0.05) is 6.07 Å². The normalized spacial score (nSPS) is 11.6. The number of unbranched alkanes of at least 4 members (excludes halogenated alkanes) is 5. The molecule has 3 aromatic carbocycles. The molecule has 0 bridgehead atoms. The van der Waals surface area contributed by atoms with E-state index in [1.54, 1.807) is 19.1 Å². The van der Waals surface area contributed by atoms with Crippen LogP contribution in [0.5, 0.6) is 11.5 Å². The molecule has 39 heavy (non-hydrogen) atoms. The third kappa shape index (κ3) is 9.54. The van der Waals surface area contributed by atoms with E-state index in [1.165, 1.54) is 44.2 Å². The summed E-state index contributed by atoms with van der Waals surface area (Å²) in [4.78, 5) is 24.8. The van der Waals surface area contributed by atoms with Crippen LogP contribution in [0.25, 0.3) is 11.1 Å². The lowest BCUT2D eigenvalue weighted by Gasteiger charge is -2.13. The van der Waals surface area contributed by atoms with E-state index in [9.17, 15) is 14.0 Å². The van der Waals surface area contributed by atoms with E-state index in [-0.39, 0.29) is 17.4 Å². The summed E-state index contributed by atoms with van der Waals surface area (Å²) in [5.74, 6) is -1.31. The van der Waals surface area contributed by atoms with E-state index in [0.29, 0.717) is 12.0 Å². The van der Waals surface area contributed by atoms with Crippen molar-refractivity contribution in [3.05, 3.63) is 83.7 Å². The van der Waals surface area contributed by atoms with Crippen molar-refractivity contribution in [1.82, 2.24) is 0 Å². The zero-order valence-corrected chi connectivity index (χ0v) is 23.2. The Morgan fingerprint density at radius 2 is 1.36 bits per heavy atom. The summed E-state index contributed by atoms with van der Waals surface area (Å²) in [7, 11) is 0. The zero-order chi connectivity index (χ0) is 28.0. The summed E-state index contributed by atoms with van der Waals surface area (Å²) in [5, 5.41) is 0.